The number of benzene rings is 1. The number of halogens is 4. The molecule has 0 saturated heterocycles. The van der Waals surface area contributed by atoms with Crippen LogP contribution in [0.3, 0.4) is 0 Å². The molecule has 2 nitrogen and oxygen atoms in total. The molecule has 1 rings (SSSR count). The normalized spacial score (nSPS) is 11.4. The van der Waals surface area contributed by atoms with Crippen LogP contribution in [-0.2, 0) is 0 Å². The van der Waals surface area contributed by atoms with E-state index in [2.05, 4.69) is 37.2 Å². The molecule has 0 bridgehead atoms. The van der Waals surface area contributed by atoms with Gasteiger partial charge in [-0.1, -0.05) is 56.5 Å². The van der Waals surface area contributed by atoms with E-state index in [9.17, 15) is 9.18 Å². The van der Waals surface area contributed by atoms with Crippen molar-refractivity contribution in [3.63, 3.8) is 0 Å². The molecule has 0 aliphatic heterocycles. The lowest BCUT2D eigenvalue weighted by Gasteiger charge is -2.30. The third-order valence-corrected chi connectivity index (χ3v) is 5.22. The molecule has 0 atom stereocenters. The first-order chi connectivity index (χ1) is 8.49. The summed E-state index contributed by atoms with van der Waals surface area (Å²) >= 11 is 12.6. The van der Waals surface area contributed by atoms with E-state index in [-0.39, 0.29) is 10.6 Å². The highest BCUT2D eigenvalue weighted by Crippen LogP contribution is 2.22. The van der Waals surface area contributed by atoms with Crippen LogP contribution in [-0.4, -0.2) is 22.1 Å². The number of nitrogens with one attached hydrogen (secondary N) is 1. The van der Waals surface area contributed by atoms with Crippen molar-refractivity contribution in [3.05, 3.63) is 34.6 Å². The van der Waals surface area contributed by atoms with Crippen molar-refractivity contribution in [1.82, 2.24) is 5.32 Å². The molecule has 0 aliphatic rings. The Morgan fingerprint density at radius 1 is 1.44 bits per heavy atom. The molecule has 0 spiro atoms. The zero-order chi connectivity index (χ0) is 13.8. The molecular formula is C12H13Br2ClFNO. The molecule has 100 valence electrons. The smallest absolute Gasteiger partial charge is 0.256 e. The van der Waals surface area contributed by atoms with Crippen molar-refractivity contribution in [3.8, 4) is 0 Å². The molecule has 0 unspecified atom stereocenters. The van der Waals surface area contributed by atoms with Crippen LogP contribution >= 0.6 is 43.5 Å². The highest BCUT2D eigenvalue weighted by atomic mass is 79.9. The maximum atomic E-state index is 13.6. The number of rotatable bonds is 5. The summed E-state index contributed by atoms with van der Waals surface area (Å²) in [6, 6.07) is 4.18. The first-order valence-electron chi connectivity index (χ1n) is 5.38. The van der Waals surface area contributed by atoms with Gasteiger partial charge >= 0.3 is 0 Å². The number of carbonyl (C=O) groups is 1. The highest BCUT2D eigenvalue weighted by Gasteiger charge is 2.29. The zero-order valence-corrected chi connectivity index (χ0v) is 13.7. The van der Waals surface area contributed by atoms with Gasteiger partial charge in [-0.25, -0.2) is 4.39 Å². The summed E-state index contributed by atoms with van der Waals surface area (Å²) in [5.74, 6) is -1.12. The van der Waals surface area contributed by atoms with Crippen molar-refractivity contribution in [1.29, 1.82) is 0 Å². The van der Waals surface area contributed by atoms with Crippen LogP contribution in [0.2, 0.25) is 5.02 Å². The van der Waals surface area contributed by atoms with Crippen molar-refractivity contribution in [2.24, 2.45) is 0 Å². The minimum atomic E-state index is -0.617. The second-order valence-electron chi connectivity index (χ2n) is 3.95. The highest BCUT2D eigenvalue weighted by molar-refractivity contribution is 9.09. The average Bonchev–Trinajstić information content (AvgIpc) is 2.36. The van der Waals surface area contributed by atoms with Gasteiger partial charge in [-0.2, -0.15) is 0 Å². The van der Waals surface area contributed by atoms with Gasteiger partial charge in [0.15, 0.2) is 0 Å². The van der Waals surface area contributed by atoms with Crippen LogP contribution in [0.4, 0.5) is 4.39 Å². The molecule has 0 aromatic heterocycles. The monoisotopic (exact) mass is 399 g/mol. The van der Waals surface area contributed by atoms with Crippen LogP contribution in [0.25, 0.3) is 0 Å². The standard InChI is InChI=1S/C12H13Br2ClFNO/c1-2-12(6-13,7-14)17-11(18)10-8(15)4-3-5-9(10)16/h3-5H,2,6-7H2,1H3,(H,17,18). The molecule has 6 heteroatoms. The predicted octanol–water partition coefficient (Wildman–Crippen LogP) is 4.15. The van der Waals surface area contributed by atoms with E-state index in [0.29, 0.717) is 17.1 Å². The fraction of sp³-hybridized carbons (Fsp3) is 0.417. The van der Waals surface area contributed by atoms with E-state index in [0.717, 1.165) is 0 Å². The van der Waals surface area contributed by atoms with Gasteiger partial charge in [0, 0.05) is 10.7 Å². The number of amides is 1. The second kappa shape index (κ2) is 6.87. The van der Waals surface area contributed by atoms with E-state index >= 15 is 0 Å². The zero-order valence-electron chi connectivity index (χ0n) is 9.77. The van der Waals surface area contributed by atoms with E-state index in [1.807, 2.05) is 6.92 Å². The fourth-order valence-corrected chi connectivity index (χ4v) is 3.65. The summed E-state index contributed by atoms with van der Waals surface area (Å²) in [6.07, 6.45) is 0.710. The molecule has 18 heavy (non-hydrogen) atoms. The Morgan fingerprint density at radius 2 is 2.06 bits per heavy atom. The lowest BCUT2D eigenvalue weighted by Crippen LogP contribution is -2.51. The Labute approximate surface area is 128 Å². The summed E-state index contributed by atoms with van der Waals surface area (Å²) < 4.78 is 13.6. The summed E-state index contributed by atoms with van der Waals surface area (Å²) in [7, 11) is 0. The minimum absolute atomic E-state index is 0.112. The molecule has 1 amide bonds. The molecule has 0 radical (unpaired) electrons. The molecule has 0 heterocycles. The Balaban J connectivity index is 3.02. The van der Waals surface area contributed by atoms with Crippen LogP contribution in [0.1, 0.15) is 23.7 Å². The lowest BCUT2D eigenvalue weighted by atomic mass is 10.0. The van der Waals surface area contributed by atoms with Crippen molar-refractivity contribution in [2.45, 2.75) is 18.9 Å². The van der Waals surface area contributed by atoms with Crippen LogP contribution < -0.4 is 5.32 Å². The first kappa shape index (κ1) is 15.9. The molecule has 1 N–H and O–H groups in total. The van der Waals surface area contributed by atoms with E-state index in [1.165, 1.54) is 18.2 Å². The van der Waals surface area contributed by atoms with Gasteiger partial charge in [0.1, 0.15) is 5.82 Å². The number of carbonyl (C=O) groups excluding carboxylic acids is 1. The third kappa shape index (κ3) is 3.45. The SMILES string of the molecule is CCC(CBr)(CBr)NC(=O)c1c(F)cccc1Cl. The molecule has 1 aromatic carbocycles. The minimum Gasteiger partial charge on any atom is -0.345 e. The van der Waals surface area contributed by atoms with Gasteiger partial charge in [0.2, 0.25) is 0 Å². The quantitative estimate of drug-likeness (QED) is 0.738. The van der Waals surface area contributed by atoms with Crippen molar-refractivity contribution < 1.29 is 9.18 Å². The summed E-state index contributed by atoms with van der Waals surface area (Å²) in [4.78, 5) is 12.1. The summed E-state index contributed by atoms with van der Waals surface area (Å²) in [5, 5.41) is 4.07. The van der Waals surface area contributed by atoms with Gasteiger partial charge in [-0.3, -0.25) is 4.79 Å². The van der Waals surface area contributed by atoms with Crippen LogP contribution in [0, 0.1) is 5.82 Å². The number of alkyl halides is 2. The van der Waals surface area contributed by atoms with E-state index < -0.39 is 17.3 Å². The average molecular weight is 402 g/mol. The summed E-state index contributed by atoms with van der Waals surface area (Å²) in [6.45, 7) is 1.95. The first-order valence-corrected chi connectivity index (χ1v) is 8.00. The van der Waals surface area contributed by atoms with Crippen LogP contribution in [0.5, 0.6) is 0 Å². The Morgan fingerprint density at radius 3 is 2.50 bits per heavy atom. The van der Waals surface area contributed by atoms with Gasteiger partial charge in [0.05, 0.1) is 16.1 Å². The van der Waals surface area contributed by atoms with Crippen LogP contribution in [0.15, 0.2) is 18.2 Å². The Hall–Kier alpha value is -0.130. The molecule has 0 saturated carbocycles. The fourth-order valence-electron chi connectivity index (χ4n) is 1.40. The number of hydrogen-bond acceptors (Lipinski definition) is 1. The van der Waals surface area contributed by atoms with Gasteiger partial charge in [0.25, 0.3) is 5.91 Å². The third-order valence-electron chi connectivity index (χ3n) is 2.76. The summed E-state index contributed by atoms with van der Waals surface area (Å²) in [5.41, 5.74) is -0.568. The second-order valence-corrected chi connectivity index (χ2v) is 5.48. The predicted molar refractivity (Wildman–Crippen MR) is 79.5 cm³/mol. The topological polar surface area (TPSA) is 29.1 Å². The molecule has 1 aromatic rings. The lowest BCUT2D eigenvalue weighted by molar-refractivity contribution is 0.0911. The molecule has 0 aliphatic carbocycles. The number of hydrogen-bond donors (Lipinski definition) is 1. The van der Waals surface area contributed by atoms with Crippen molar-refractivity contribution in [2.75, 3.05) is 10.7 Å². The van der Waals surface area contributed by atoms with Gasteiger partial charge < -0.3 is 5.32 Å². The Bertz CT molecular complexity index is 410. The van der Waals surface area contributed by atoms with Gasteiger partial charge in [-0.15, -0.1) is 0 Å². The van der Waals surface area contributed by atoms with E-state index in [1.54, 1.807) is 0 Å². The largest absolute Gasteiger partial charge is 0.345 e. The maximum Gasteiger partial charge on any atom is 0.256 e. The Kier molecular flexibility index (Phi) is 6.08. The molecular weight excluding hydrogens is 388 g/mol. The maximum absolute atomic E-state index is 13.6. The van der Waals surface area contributed by atoms with Gasteiger partial charge in [-0.05, 0) is 18.6 Å². The molecule has 0 fully saturated rings. The van der Waals surface area contributed by atoms with E-state index in [4.69, 9.17) is 11.6 Å². The van der Waals surface area contributed by atoms with Crippen molar-refractivity contribution >= 4 is 49.4 Å².